The highest BCUT2D eigenvalue weighted by atomic mass is 16.7. The van der Waals surface area contributed by atoms with Crippen LogP contribution in [-0.2, 0) is 19.0 Å². The number of rotatable bonds is 4. The molecule has 0 aromatic heterocycles. The Bertz CT molecular complexity index is 261. The van der Waals surface area contributed by atoms with E-state index in [1.54, 1.807) is 13.8 Å². The van der Waals surface area contributed by atoms with E-state index in [2.05, 4.69) is 26.1 Å². The van der Waals surface area contributed by atoms with Crippen LogP contribution in [0.25, 0.3) is 0 Å². The van der Waals surface area contributed by atoms with Gasteiger partial charge in [0.25, 0.3) is 0 Å². The number of esters is 1. The molecule has 0 spiro atoms. The first-order valence-electron chi connectivity index (χ1n) is 4.65. The zero-order valence-electron chi connectivity index (χ0n) is 8.87. The molecule has 0 saturated heterocycles. The van der Waals surface area contributed by atoms with E-state index in [9.17, 15) is 9.59 Å². The number of hydrogen-bond acceptors (Lipinski definition) is 5. The second kappa shape index (κ2) is 8.88. The standard InChI is InChI=1S/C10H14O5/c1-3-13-9(11)7-5-6-8-15-10(12)14-4-2/h3-4,6,8H2,1-2H3. The maximum Gasteiger partial charge on any atom is 0.508 e. The quantitative estimate of drug-likeness (QED) is 0.303. The summed E-state index contributed by atoms with van der Waals surface area (Å²) in [6, 6.07) is 0. The van der Waals surface area contributed by atoms with E-state index < -0.39 is 12.1 Å². The monoisotopic (exact) mass is 214 g/mol. The predicted molar refractivity (Wildman–Crippen MR) is 52.0 cm³/mol. The number of hydrogen-bond donors (Lipinski definition) is 0. The molecule has 0 aliphatic carbocycles. The fourth-order valence-electron chi connectivity index (χ4n) is 0.647. The van der Waals surface area contributed by atoms with Crippen LogP contribution in [0, 0.1) is 11.8 Å². The minimum Gasteiger partial charge on any atom is -0.456 e. The van der Waals surface area contributed by atoms with Gasteiger partial charge in [0.2, 0.25) is 0 Å². The fourth-order valence-corrected chi connectivity index (χ4v) is 0.647. The molecule has 0 bridgehead atoms. The van der Waals surface area contributed by atoms with Crippen molar-refractivity contribution in [2.75, 3.05) is 19.8 Å². The Kier molecular flexibility index (Phi) is 7.87. The van der Waals surface area contributed by atoms with Crippen LogP contribution in [0.2, 0.25) is 0 Å². The van der Waals surface area contributed by atoms with Crippen LogP contribution < -0.4 is 0 Å². The van der Waals surface area contributed by atoms with Crippen molar-refractivity contribution in [3.05, 3.63) is 0 Å². The lowest BCUT2D eigenvalue weighted by molar-refractivity contribution is -0.136. The summed E-state index contributed by atoms with van der Waals surface area (Å²) < 4.78 is 13.7. The minimum atomic E-state index is -0.726. The molecule has 0 aliphatic rings. The second-order valence-electron chi connectivity index (χ2n) is 2.30. The van der Waals surface area contributed by atoms with Crippen molar-refractivity contribution in [2.45, 2.75) is 20.3 Å². The Morgan fingerprint density at radius 1 is 1.07 bits per heavy atom. The SMILES string of the molecule is CCOC(=O)C#CCCOC(=O)OCC. The maximum atomic E-state index is 10.7. The van der Waals surface area contributed by atoms with E-state index in [-0.39, 0.29) is 19.6 Å². The second-order valence-corrected chi connectivity index (χ2v) is 2.30. The molecule has 0 aromatic rings. The van der Waals surface area contributed by atoms with Crippen LogP contribution in [0.3, 0.4) is 0 Å². The van der Waals surface area contributed by atoms with Crippen LogP contribution in [0.15, 0.2) is 0 Å². The van der Waals surface area contributed by atoms with E-state index in [1.807, 2.05) is 0 Å². The first-order chi connectivity index (χ1) is 7.20. The topological polar surface area (TPSA) is 61.8 Å². The molecule has 5 heteroatoms. The molecule has 0 amide bonds. The van der Waals surface area contributed by atoms with Crippen LogP contribution in [-0.4, -0.2) is 31.9 Å². The predicted octanol–water partition coefficient (Wildman–Crippen LogP) is 1.12. The molecule has 0 radical (unpaired) electrons. The Balaban J connectivity index is 3.52. The molecular formula is C10H14O5. The van der Waals surface area contributed by atoms with Gasteiger partial charge < -0.3 is 14.2 Å². The zero-order chi connectivity index (χ0) is 11.5. The molecule has 84 valence electrons. The van der Waals surface area contributed by atoms with E-state index in [0.29, 0.717) is 6.61 Å². The van der Waals surface area contributed by atoms with Crippen molar-refractivity contribution >= 4 is 12.1 Å². The lowest BCUT2D eigenvalue weighted by atomic mass is 10.4. The number of carbonyl (C=O) groups is 2. The van der Waals surface area contributed by atoms with E-state index in [1.165, 1.54) is 0 Å². The largest absolute Gasteiger partial charge is 0.508 e. The normalized spacial score (nSPS) is 8.40. The molecule has 15 heavy (non-hydrogen) atoms. The summed E-state index contributed by atoms with van der Waals surface area (Å²) in [4.78, 5) is 21.4. The van der Waals surface area contributed by atoms with Gasteiger partial charge in [-0.2, -0.15) is 0 Å². The van der Waals surface area contributed by atoms with Crippen LogP contribution in [0.1, 0.15) is 20.3 Å². The molecule has 0 aromatic carbocycles. The average molecular weight is 214 g/mol. The van der Waals surface area contributed by atoms with Gasteiger partial charge in [-0.15, -0.1) is 0 Å². The molecule has 0 saturated carbocycles. The van der Waals surface area contributed by atoms with E-state index in [4.69, 9.17) is 0 Å². The van der Waals surface area contributed by atoms with Gasteiger partial charge in [-0.05, 0) is 13.8 Å². The summed E-state index contributed by atoms with van der Waals surface area (Å²) in [6.45, 7) is 4.05. The van der Waals surface area contributed by atoms with Gasteiger partial charge >= 0.3 is 12.1 Å². The first-order valence-corrected chi connectivity index (χ1v) is 4.65. The van der Waals surface area contributed by atoms with Crippen molar-refractivity contribution in [1.82, 2.24) is 0 Å². The highest BCUT2D eigenvalue weighted by Crippen LogP contribution is 1.87. The van der Waals surface area contributed by atoms with Crippen molar-refractivity contribution in [1.29, 1.82) is 0 Å². The van der Waals surface area contributed by atoms with Crippen molar-refractivity contribution < 1.29 is 23.8 Å². The van der Waals surface area contributed by atoms with E-state index in [0.717, 1.165) is 0 Å². The third-order valence-electron chi connectivity index (χ3n) is 1.18. The highest BCUT2D eigenvalue weighted by Gasteiger charge is 1.99. The lowest BCUT2D eigenvalue weighted by Gasteiger charge is -2.00. The molecule has 0 unspecified atom stereocenters. The molecule has 0 fully saturated rings. The van der Waals surface area contributed by atoms with E-state index >= 15 is 0 Å². The Hall–Kier alpha value is -1.70. The van der Waals surface area contributed by atoms with Crippen LogP contribution >= 0.6 is 0 Å². The number of ether oxygens (including phenoxy) is 3. The third kappa shape index (κ3) is 8.63. The summed E-state index contributed by atoms with van der Waals surface area (Å²) >= 11 is 0. The Labute approximate surface area is 88.7 Å². The molecule has 5 nitrogen and oxygen atoms in total. The Morgan fingerprint density at radius 3 is 2.33 bits per heavy atom. The molecule has 0 N–H and O–H groups in total. The van der Waals surface area contributed by atoms with Gasteiger partial charge in [-0.25, -0.2) is 9.59 Å². The fraction of sp³-hybridized carbons (Fsp3) is 0.600. The van der Waals surface area contributed by atoms with Gasteiger partial charge in [0, 0.05) is 12.3 Å². The van der Waals surface area contributed by atoms with Crippen LogP contribution in [0.4, 0.5) is 4.79 Å². The smallest absolute Gasteiger partial charge is 0.456 e. The number of carbonyl (C=O) groups excluding carboxylic acids is 2. The van der Waals surface area contributed by atoms with Gasteiger partial charge in [0.15, 0.2) is 0 Å². The Morgan fingerprint density at radius 2 is 1.73 bits per heavy atom. The van der Waals surface area contributed by atoms with Crippen molar-refractivity contribution in [3.63, 3.8) is 0 Å². The van der Waals surface area contributed by atoms with Crippen LogP contribution in [0.5, 0.6) is 0 Å². The average Bonchev–Trinajstić information content (AvgIpc) is 2.18. The van der Waals surface area contributed by atoms with Crippen molar-refractivity contribution in [2.24, 2.45) is 0 Å². The molecule has 0 atom stereocenters. The minimum absolute atomic E-state index is 0.102. The third-order valence-corrected chi connectivity index (χ3v) is 1.18. The van der Waals surface area contributed by atoms with Gasteiger partial charge in [-0.3, -0.25) is 0 Å². The molecular weight excluding hydrogens is 200 g/mol. The summed E-state index contributed by atoms with van der Waals surface area (Å²) in [6.07, 6.45) is -0.451. The zero-order valence-corrected chi connectivity index (χ0v) is 8.87. The molecule has 0 aliphatic heterocycles. The summed E-state index contributed by atoms with van der Waals surface area (Å²) in [5.41, 5.74) is 0. The summed E-state index contributed by atoms with van der Waals surface area (Å²) in [5, 5.41) is 0. The van der Waals surface area contributed by atoms with Gasteiger partial charge in [0.05, 0.1) is 13.2 Å². The highest BCUT2D eigenvalue weighted by molar-refractivity contribution is 5.88. The lowest BCUT2D eigenvalue weighted by Crippen LogP contribution is -2.07. The first kappa shape index (κ1) is 13.3. The molecule has 0 heterocycles. The summed E-state index contributed by atoms with van der Waals surface area (Å²) in [5.74, 6) is 4.18. The summed E-state index contributed by atoms with van der Waals surface area (Å²) in [7, 11) is 0. The molecule has 0 rings (SSSR count). The maximum absolute atomic E-state index is 10.7. The van der Waals surface area contributed by atoms with Crippen molar-refractivity contribution in [3.8, 4) is 11.8 Å². The van der Waals surface area contributed by atoms with Gasteiger partial charge in [-0.1, -0.05) is 5.92 Å². The van der Waals surface area contributed by atoms with Gasteiger partial charge in [0.1, 0.15) is 6.61 Å².